The minimum atomic E-state index is -0.441. The van der Waals surface area contributed by atoms with Crippen molar-refractivity contribution in [1.29, 1.82) is 0 Å². The number of phenols is 1. The van der Waals surface area contributed by atoms with Crippen LogP contribution in [0, 0.1) is 5.92 Å². The number of amides is 1. The first-order valence-electron chi connectivity index (χ1n) is 6.34. The minimum Gasteiger partial charge on any atom is -0.508 e. The Labute approximate surface area is 120 Å². The van der Waals surface area contributed by atoms with Crippen LogP contribution in [0.15, 0.2) is 18.2 Å². The zero-order valence-electron chi connectivity index (χ0n) is 11.3. The van der Waals surface area contributed by atoms with E-state index in [0.29, 0.717) is 13.1 Å². The number of aromatic hydroxyl groups is 1. The smallest absolute Gasteiger partial charge is 0.240 e. The van der Waals surface area contributed by atoms with Crippen LogP contribution in [0.25, 0.3) is 0 Å². The maximum Gasteiger partial charge on any atom is 0.240 e. The maximum absolute atomic E-state index is 12.2. The monoisotopic (exact) mass is 284 g/mol. The van der Waals surface area contributed by atoms with Crippen LogP contribution in [-0.4, -0.2) is 28.5 Å². The number of rotatable bonds is 2. The SMILES string of the molecule is CC(C)C(N)C(=O)N1CCc2ccc(O)cc2C1.Cl. The van der Waals surface area contributed by atoms with Crippen molar-refractivity contribution in [3.05, 3.63) is 29.3 Å². The molecule has 3 N–H and O–H groups in total. The van der Waals surface area contributed by atoms with Gasteiger partial charge in [0.1, 0.15) is 5.75 Å². The predicted octanol–water partition coefficient (Wildman–Crippen LogP) is 1.68. The number of halogens is 1. The third-order valence-corrected chi connectivity index (χ3v) is 3.52. The van der Waals surface area contributed by atoms with Crippen LogP contribution in [0.3, 0.4) is 0 Å². The molecule has 1 atom stereocenters. The normalized spacial score (nSPS) is 15.7. The molecule has 1 unspecified atom stereocenters. The molecule has 0 saturated carbocycles. The Balaban J connectivity index is 0.00000180. The maximum atomic E-state index is 12.2. The number of benzene rings is 1. The average molecular weight is 285 g/mol. The Morgan fingerprint density at radius 2 is 2.05 bits per heavy atom. The third-order valence-electron chi connectivity index (χ3n) is 3.52. The summed E-state index contributed by atoms with van der Waals surface area (Å²) in [5.41, 5.74) is 8.12. The van der Waals surface area contributed by atoms with E-state index in [1.807, 2.05) is 19.9 Å². The summed E-state index contributed by atoms with van der Waals surface area (Å²) in [5.74, 6) is 0.387. The standard InChI is InChI=1S/C14H20N2O2.ClH/c1-9(2)13(15)14(18)16-6-5-10-3-4-12(17)7-11(10)8-16;/h3-4,7,9,13,17H,5-6,8,15H2,1-2H3;1H. The van der Waals surface area contributed by atoms with Crippen LogP contribution >= 0.6 is 12.4 Å². The first-order valence-corrected chi connectivity index (χ1v) is 6.34. The Hall–Kier alpha value is -1.26. The molecule has 0 aromatic heterocycles. The van der Waals surface area contributed by atoms with Gasteiger partial charge in [0.15, 0.2) is 0 Å². The van der Waals surface area contributed by atoms with Gasteiger partial charge >= 0.3 is 0 Å². The summed E-state index contributed by atoms with van der Waals surface area (Å²) < 4.78 is 0. The van der Waals surface area contributed by atoms with E-state index < -0.39 is 6.04 Å². The van der Waals surface area contributed by atoms with Crippen molar-refractivity contribution >= 4 is 18.3 Å². The molecular formula is C14H21ClN2O2. The van der Waals surface area contributed by atoms with Gasteiger partial charge in [-0.15, -0.1) is 12.4 Å². The molecule has 5 heteroatoms. The minimum absolute atomic E-state index is 0. The molecule has 19 heavy (non-hydrogen) atoms. The van der Waals surface area contributed by atoms with Crippen LogP contribution in [0.4, 0.5) is 0 Å². The highest BCUT2D eigenvalue weighted by molar-refractivity contribution is 5.85. The van der Waals surface area contributed by atoms with Crippen molar-refractivity contribution in [2.75, 3.05) is 6.54 Å². The lowest BCUT2D eigenvalue weighted by Gasteiger charge is -2.31. The van der Waals surface area contributed by atoms with Crippen LogP contribution in [0.5, 0.6) is 5.75 Å². The number of nitrogens with two attached hydrogens (primary N) is 1. The van der Waals surface area contributed by atoms with Crippen LogP contribution < -0.4 is 5.73 Å². The molecule has 1 aliphatic rings. The van der Waals surface area contributed by atoms with Gasteiger partial charge in [0, 0.05) is 13.1 Å². The van der Waals surface area contributed by atoms with E-state index in [1.165, 1.54) is 5.56 Å². The molecule has 1 amide bonds. The van der Waals surface area contributed by atoms with Crippen molar-refractivity contribution in [3.8, 4) is 5.75 Å². The first kappa shape index (κ1) is 15.8. The molecule has 2 rings (SSSR count). The highest BCUT2D eigenvalue weighted by Gasteiger charge is 2.26. The molecule has 0 radical (unpaired) electrons. The molecule has 1 aliphatic heterocycles. The summed E-state index contributed by atoms with van der Waals surface area (Å²) in [4.78, 5) is 14.0. The van der Waals surface area contributed by atoms with Crippen molar-refractivity contribution < 1.29 is 9.90 Å². The number of carbonyl (C=O) groups is 1. The molecule has 0 aliphatic carbocycles. The van der Waals surface area contributed by atoms with Gasteiger partial charge in [-0.25, -0.2) is 0 Å². The lowest BCUT2D eigenvalue weighted by Crippen LogP contribution is -2.48. The summed E-state index contributed by atoms with van der Waals surface area (Å²) in [7, 11) is 0. The van der Waals surface area contributed by atoms with Crippen molar-refractivity contribution in [1.82, 2.24) is 4.90 Å². The zero-order chi connectivity index (χ0) is 13.3. The van der Waals surface area contributed by atoms with E-state index in [2.05, 4.69) is 0 Å². The largest absolute Gasteiger partial charge is 0.508 e. The number of phenolic OH excluding ortho intramolecular Hbond substituents is 1. The Kier molecular flexibility index (Phi) is 5.20. The molecule has 0 fully saturated rings. The van der Waals surface area contributed by atoms with E-state index in [4.69, 9.17) is 5.73 Å². The van der Waals surface area contributed by atoms with Gasteiger partial charge in [-0.2, -0.15) is 0 Å². The second kappa shape index (κ2) is 6.26. The number of carbonyl (C=O) groups excluding carboxylic acids is 1. The number of hydrogen-bond acceptors (Lipinski definition) is 3. The molecule has 1 heterocycles. The quantitative estimate of drug-likeness (QED) is 0.868. The topological polar surface area (TPSA) is 66.6 Å². The molecule has 4 nitrogen and oxygen atoms in total. The van der Waals surface area contributed by atoms with Crippen LogP contribution in [0.1, 0.15) is 25.0 Å². The Morgan fingerprint density at radius 3 is 2.68 bits per heavy atom. The van der Waals surface area contributed by atoms with E-state index in [0.717, 1.165) is 12.0 Å². The van der Waals surface area contributed by atoms with Crippen molar-refractivity contribution in [2.45, 2.75) is 32.9 Å². The summed E-state index contributed by atoms with van der Waals surface area (Å²) in [6, 6.07) is 4.91. The van der Waals surface area contributed by atoms with Crippen LogP contribution in [0.2, 0.25) is 0 Å². The molecular weight excluding hydrogens is 264 g/mol. The highest BCUT2D eigenvalue weighted by Crippen LogP contribution is 2.23. The molecule has 106 valence electrons. The van der Waals surface area contributed by atoms with Gasteiger partial charge in [-0.1, -0.05) is 19.9 Å². The molecule has 0 spiro atoms. The number of hydrogen-bond donors (Lipinski definition) is 2. The second-order valence-corrected chi connectivity index (χ2v) is 5.23. The van der Waals surface area contributed by atoms with E-state index in [9.17, 15) is 9.90 Å². The molecule has 0 saturated heterocycles. The van der Waals surface area contributed by atoms with Gasteiger partial charge in [0.2, 0.25) is 5.91 Å². The van der Waals surface area contributed by atoms with Gasteiger partial charge in [0.05, 0.1) is 6.04 Å². The fourth-order valence-electron chi connectivity index (χ4n) is 2.23. The fourth-order valence-corrected chi connectivity index (χ4v) is 2.23. The Morgan fingerprint density at radius 1 is 1.37 bits per heavy atom. The second-order valence-electron chi connectivity index (χ2n) is 5.23. The third kappa shape index (κ3) is 3.39. The van der Waals surface area contributed by atoms with Gasteiger partial charge in [0.25, 0.3) is 0 Å². The van der Waals surface area contributed by atoms with Gasteiger partial charge in [-0.3, -0.25) is 4.79 Å². The predicted molar refractivity (Wildman–Crippen MR) is 77.3 cm³/mol. The van der Waals surface area contributed by atoms with E-state index in [-0.39, 0.29) is 30.0 Å². The molecule has 0 bridgehead atoms. The van der Waals surface area contributed by atoms with Gasteiger partial charge in [-0.05, 0) is 35.6 Å². The van der Waals surface area contributed by atoms with Crippen molar-refractivity contribution in [3.63, 3.8) is 0 Å². The Bertz CT molecular complexity index is 463. The highest BCUT2D eigenvalue weighted by atomic mass is 35.5. The summed E-state index contributed by atoms with van der Waals surface area (Å²) >= 11 is 0. The average Bonchev–Trinajstić information content (AvgIpc) is 2.35. The molecule has 1 aromatic rings. The fraction of sp³-hybridized carbons (Fsp3) is 0.500. The van der Waals surface area contributed by atoms with E-state index in [1.54, 1.807) is 17.0 Å². The van der Waals surface area contributed by atoms with Crippen LogP contribution in [-0.2, 0) is 17.8 Å². The lowest BCUT2D eigenvalue weighted by atomic mass is 9.97. The first-order chi connectivity index (χ1) is 8.49. The number of fused-ring (bicyclic) bond motifs is 1. The van der Waals surface area contributed by atoms with Crippen molar-refractivity contribution in [2.24, 2.45) is 11.7 Å². The lowest BCUT2D eigenvalue weighted by molar-refractivity contribution is -0.134. The summed E-state index contributed by atoms with van der Waals surface area (Å²) in [6.07, 6.45) is 0.826. The zero-order valence-corrected chi connectivity index (χ0v) is 12.1. The summed E-state index contributed by atoms with van der Waals surface area (Å²) in [6.45, 7) is 5.15. The number of nitrogens with zero attached hydrogens (tertiary/aromatic N) is 1. The molecule has 1 aromatic carbocycles. The van der Waals surface area contributed by atoms with E-state index >= 15 is 0 Å². The summed E-state index contributed by atoms with van der Waals surface area (Å²) in [5, 5.41) is 9.48. The van der Waals surface area contributed by atoms with Gasteiger partial charge < -0.3 is 15.7 Å².